The molecule has 126 valence electrons. The molecule has 0 bridgehead atoms. The van der Waals surface area contributed by atoms with E-state index in [9.17, 15) is 19.5 Å². The Labute approximate surface area is 142 Å². The molecule has 2 aliphatic rings. The van der Waals surface area contributed by atoms with E-state index < -0.39 is 23.3 Å². The molecule has 2 heterocycles. The Morgan fingerprint density at radius 3 is 2.75 bits per heavy atom. The van der Waals surface area contributed by atoms with E-state index in [1.54, 1.807) is 0 Å². The lowest BCUT2D eigenvalue weighted by atomic mass is 10.0. The number of carbonyl (C=O) groups is 3. The number of amides is 2. The molecule has 3 rings (SSSR count). The molecule has 0 saturated carbocycles. The number of thioether (sulfide) groups is 1. The van der Waals surface area contributed by atoms with Crippen molar-refractivity contribution in [1.29, 1.82) is 0 Å². The van der Waals surface area contributed by atoms with Gasteiger partial charge in [-0.05, 0) is 5.56 Å². The number of rotatable bonds is 4. The summed E-state index contributed by atoms with van der Waals surface area (Å²) < 4.78 is 5.21. The SMILES string of the molecule is CC(=O)NC1C(=O)N2C(C(=O)OCc3ccccc3)=C(O)CS[C@H]12. The molecule has 7 nitrogen and oxygen atoms in total. The van der Waals surface area contributed by atoms with Gasteiger partial charge < -0.3 is 15.2 Å². The van der Waals surface area contributed by atoms with E-state index in [0.29, 0.717) is 0 Å². The maximum absolute atomic E-state index is 12.3. The van der Waals surface area contributed by atoms with Gasteiger partial charge in [-0.1, -0.05) is 30.3 Å². The molecule has 2 amide bonds. The van der Waals surface area contributed by atoms with Gasteiger partial charge >= 0.3 is 5.97 Å². The van der Waals surface area contributed by atoms with Crippen LogP contribution >= 0.6 is 11.8 Å². The van der Waals surface area contributed by atoms with Crippen LogP contribution in [0.3, 0.4) is 0 Å². The Hall–Kier alpha value is -2.48. The van der Waals surface area contributed by atoms with Gasteiger partial charge in [0.15, 0.2) is 5.70 Å². The van der Waals surface area contributed by atoms with E-state index in [2.05, 4.69) is 5.32 Å². The molecule has 2 aliphatic heterocycles. The van der Waals surface area contributed by atoms with Crippen LogP contribution in [0.15, 0.2) is 41.8 Å². The quantitative estimate of drug-likeness (QED) is 0.620. The number of esters is 1. The summed E-state index contributed by atoms with van der Waals surface area (Å²) in [6, 6.07) is 8.43. The van der Waals surface area contributed by atoms with Gasteiger partial charge in [0, 0.05) is 6.92 Å². The van der Waals surface area contributed by atoms with Crippen molar-refractivity contribution in [2.24, 2.45) is 0 Å². The topological polar surface area (TPSA) is 95.9 Å². The largest absolute Gasteiger partial charge is 0.509 e. The molecule has 1 aromatic carbocycles. The fourth-order valence-electron chi connectivity index (χ4n) is 2.60. The molecule has 0 radical (unpaired) electrons. The number of benzene rings is 1. The second-order valence-corrected chi connectivity index (χ2v) is 6.55. The van der Waals surface area contributed by atoms with Crippen molar-refractivity contribution >= 4 is 29.5 Å². The minimum atomic E-state index is -0.753. The summed E-state index contributed by atoms with van der Waals surface area (Å²) in [6.07, 6.45) is 0. The number of nitrogens with zero attached hydrogens (tertiary/aromatic N) is 1. The monoisotopic (exact) mass is 348 g/mol. The van der Waals surface area contributed by atoms with Gasteiger partial charge in [0.2, 0.25) is 5.91 Å². The van der Waals surface area contributed by atoms with Gasteiger partial charge in [-0.3, -0.25) is 14.5 Å². The highest BCUT2D eigenvalue weighted by atomic mass is 32.2. The zero-order valence-electron chi connectivity index (χ0n) is 12.9. The fourth-order valence-corrected chi connectivity index (χ4v) is 3.80. The molecule has 1 fully saturated rings. The Bertz CT molecular complexity index is 718. The smallest absolute Gasteiger partial charge is 0.358 e. The maximum atomic E-state index is 12.3. The van der Waals surface area contributed by atoms with Gasteiger partial charge in [-0.25, -0.2) is 4.79 Å². The Morgan fingerprint density at radius 2 is 2.08 bits per heavy atom. The highest BCUT2D eigenvalue weighted by Gasteiger charge is 2.54. The molecule has 2 atom stereocenters. The fraction of sp³-hybridized carbons (Fsp3) is 0.312. The van der Waals surface area contributed by atoms with Crippen LogP contribution < -0.4 is 5.32 Å². The van der Waals surface area contributed by atoms with E-state index in [1.165, 1.54) is 23.6 Å². The van der Waals surface area contributed by atoms with Crippen molar-refractivity contribution in [1.82, 2.24) is 10.2 Å². The number of fused-ring (bicyclic) bond motifs is 1. The zero-order chi connectivity index (χ0) is 17.3. The normalized spacial score (nSPS) is 22.5. The number of β-lactam (4-membered cyclic amide) rings is 1. The molecule has 1 aromatic rings. The summed E-state index contributed by atoms with van der Waals surface area (Å²) >= 11 is 1.29. The van der Waals surface area contributed by atoms with Gasteiger partial charge in [0.05, 0.1) is 5.75 Å². The molecular weight excluding hydrogens is 332 g/mol. The lowest BCUT2D eigenvalue weighted by molar-refractivity contribution is -0.153. The van der Waals surface area contributed by atoms with E-state index >= 15 is 0 Å². The second kappa shape index (κ2) is 6.56. The molecule has 0 aromatic heterocycles. The number of hydrogen-bond donors (Lipinski definition) is 2. The second-order valence-electron chi connectivity index (χ2n) is 5.45. The first kappa shape index (κ1) is 16.4. The summed E-state index contributed by atoms with van der Waals surface area (Å²) in [5.41, 5.74) is 0.667. The van der Waals surface area contributed by atoms with Crippen LogP contribution in [-0.4, -0.2) is 45.0 Å². The molecule has 8 heteroatoms. The predicted octanol–water partition coefficient (Wildman–Crippen LogP) is 0.919. The Morgan fingerprint density at radius 1 is 1.38 bits per heavy atom. The van der Waals surface area contributed by atoms with Crippen LogP contribution in [0, 0.1) is 0 Å². The molecule has 2 N–H and O–H groups in total. The summed E-state index contributed by atoms with van der Waals surface area (Å²) in [4.78, 5) is 36.9. The van der Waals surface area contributed by atoms with Crippen LogP contribution in [0.25, 0.3) is 0 Å². The summed E-state index contributed by atoms with van der Waals surface area (Å²) in [5.74, 6) is -1.51. The van der Waals surface area contributed by atoms with E-state index in [0.717, 1.165) is 5.56 Å². The average Bonchev–Trinajstić information content (AvgIpc) is 2.58. The number of aliphatic hydroxyl groups excluding tert-OH is 1. The predicted molar refractivity (Wildman–Crippen MR) is 86.6 cm³/mol. The van der Waals surface area contributed by atoms with Crippen molar-refractivity contribution in [3.8, 4) is 0 Å². The maximum Gasteiger partial charge on any atom is 0.358 e. The molecule has 1 saturated heterocycles. The van der Waals surface area contributed by atoms with Crippen LogP contribution in [0.1, 0.15) is 12.5 Å². The van der Waals surface area contributed by atoms with E-state index in [4.69, 9.17) is 4.74 Å². The highest BCUT2D eigenvalue weighted by Crippen LogP contribution is 2.39. The molecule has 0 aliphatic carbocycles. The first-order valence-corrected chi connectivity index (χ1v) is 8.39. The van der Waals surface area contributed by atoms with Crippen molar-refractivity contribution in [3.63, 3.8) is 0 Å². The van der Waals surface area contributed by atoms with Crippen molar-refractivity contribution in [2.75, 3.05) is 5.75 Å². The van der Waals surface area contributed by atoms with Gasteiger partial charge in [-0.15, -0.1) is 11.8 Å². The molecule has 24 heavy (non-hydrogen) atoms. The summed E-state index contributed by atoms with van der Waals surface area (Å²) in [5, 5.41) is 12.2. The van der Waals surface area contributed by atoms with Crippen molar-refractivity contribution < 1.29 is 24.2 Å². The average molecular weight is 348 g/mol. The Kier molecular flexibility index (Phi) is 4.48. The van der Waals surface area contributed by atoms with Crippen LogP contribution in [0.4, 0.5) is 0 Å². The highest BCUT2D eigenvalue weighted by molar-refractivity contribution is 8.00. The van der Waals surface area contributed by atoms with Gasteiger partial charge in [-0.2, -0.15) is 0 Å². The third-order valence-electron chi connectivity index (χ3n) is 3.71. The number of aliphatic hydroxyl groups is 1. The molecule has 0 spiro atoms. The number of nitrogens with one attached hydrogen (secondary N) is 1. The van der Waals surface area contributed by atoms with Gasteiger partial charge in [0.1, 0.15) is 23.8 Å². The van der Waals surface area contributed by atoms with Crippen LogP contribution in [-0.2, 0) is 25.7 Å². The number of ether oxygens (including phenoxy) is 1. The first-order chi connectivity index (χ1) is 11.5. The third-order valence-corrected chi connectivity index (χ3v) is 4.98. The summed E-state index contributed by atoms with van der Waals surface area (Å²) in [6.45, 7) is 1.37. The first-order valence-electron chi connectivity index (χ1n) is 7.34. The third kappa shape index (κ3) is 2.96. The van der Waals surface area contributed by atoms with E-state index in [1.807, 2.05) is 30.3 Å². The van der Waals surface area contributed by atoms with Crippen LogP contribution in [0.2, 0.25) is 0 Å². The molecular formula is C16H16N2O5S. The number of hydrogen-bond acceptors (Lipinski definition) is 6. The molecule has 1 unspecified atom stereocenters. The minimum absolute atomic E-state index is 0.0470. The van der Waals surface area contributed by atoms with E-state index in [-0.39, 0.29) is 29.7 Å². The lowest BCUT2D eigenvalue weighted by Gasteiger charge is -2.48. The lowest BCUT2D eigenvalue weighted by Crippen LogP contribution is -2.70. The summed E-state index contributed by atoms with van der Waals surface area (Å²) in [7, 11) is 0. The zero-order valence-corrected chi connectivity index (χ0v) is 13.7. The standard InChI is InChI=1S/C16H16N2O5S/c1-9(19)17-12-14(21)18-13(11(20)8-24-15(12)18)16(22)23-7-10-5-3-2-4-6-10/h2-6,12,15,20H,7-8H2,1H3,(H,17,19)/t12?,15-/m1/s1. The van der Waals surface area contributed by atoms with Crippen molar-refractivity contribution in [2.45, 2.75) is 24.9 Å². The van der Waals surface area contributed by atoms with Crippen molar-refractivity contribution in [3.05, 3.63) is 47.4 Å². The number of carbonyl (C=O) groups excluding carboxylic acids is 3. The minimum Gasteiger partial charge on any atom is -0.509 e. The van der Waals surface area contributed by atoms with Crippen LogP contribution in [0.5, 0.6) is 0 Å². The van der Waals surface area contributed by atoms with Gasteiger partial charge in [0.25, 0.3) is 5.91 Å². The Balaban J connectivity index is 1.71.